The maximum atomic E-state index is 13.1. The van der Waals surface area contributed by atoms with Crippen molar-refractivity contribution in [2.75, 3.05) is 12.4 Å². The summed E-state index contributed by atoms with van der Waals surface area (Å²) in [5, 5.41) is 0.843. The predicted molar refractivity (Wildman–Crippen MR) is 103 cm³/mol. The van der Waals surface area contributed by atoms with E-state index in [0.717, 1.165) is 18.2 Å². The van der Waals surface area contributed by atoms with E-state index in [9.17, 15) is 9.59 Å². The van der Waals surface area contributed by atoms with Gasteiger partial charge in [0, 0.05) is 23.6 Å². The molecule has 0 atom stereocenters. The molecular weight excluding hydrogens is 384 g/mol. The van der Waals surface area contributed by atoms with Crippen LogP contribution in [0.15, 0.2) is 58.3 Å². The summed E-state index contributed by atoms with van der Waals surface area (Å²) in [6, 6.07) is 12.8. The molecule has 0 amide bonds. The van der Waals surface area contributed by atoms with Crippen molar-refractivity contribution in [3.05, 3.63) is 69.5 Å². The van der Waals surface area contributed by atoms with Crippen LogP contribution in [0.4, 0.5) is 0 Å². The van der Waals surface area contributed by atoms with Crippen molar-refractivity contribution in [2.45, 2.75) is 19.4 Å². The lowest BCUT2D eigenvalue weighted by Crippen LogP contribution is -2.38. The number of halogens is 1. The average Bonchev–Trinajstić information content (AvgIpc) is 2.65. The minimum Gasteiger partial charge on any atom is -0.496 e. The molecule has 1 aromatic carbocycles. The summed E-state index contributed by atoms with van der Waals surface area (Å²) in [5.41, 5.74) is 1.16. The number of alkyl halides is 1. The van der Waals surface area contributed by atoms with Crippen molar-refractivity contribution in [1.82, 2.24) is 8.97 Å². The predicted octanol–water partition coefficient (Wildman–Crippen LogP) is 3.31. The van der Waals surface area contributed by atoms with Crippen LogP contribution in [0.3, 0.4) is 0 Å². The highest BCUT2D eigenvalue weighted by atomic mass is 79.9. The molecule has 2 aromatic heterocycles. The van der Waals surface area contributed by atoms with E-state index in [-0.39, 0.29) is 11.2 Å². The fourth-order valence-corrected chi connectivity index (χ4v) is 3.34. The number of hydrogen-bond donors (Lipinski definition) is 0. The second-order valence-electron chi connectivity index (χ2n) is 5.67. The summed E-state index contributed by atoms with van der Waals surface area (Å²) >= 11 is 3.38. The number of benzene rings is 1. The Bertz CT molecular complexity index is 1010. The summed E-state index contributed by atoms with van der Waals surface area (Å²) in [7, 11) is 1.57. The van der Waals surface area contributed by atoms with Crippen LogP contribution in [0, 0.1) is 0 Å². The SMILES string of the molecule is COc1ccccc1-c1c(=O)n(CCCCBr)c(=O)n2ccccc12. The number of methoxy groups -OCH3 is 1. The van der Waals surface area contributed by atoms with Gasteiger partial charge in [-0.15, -0.1) is 0 Å². The highest BCUT2D eigenvalue weighted by molar-refractivity contribution is 9.09. The van der Waals surface area contributed by atoms with Gasteiger partial charge in [0.25, 0.3) is 5.56 Å². The van der Waals surface area contributed by atoms with Crippen molar-refractivity contribution < 1.29 is 4.74 Å². The van der Waals surface area contributed by atoms with Gasteiger partial charge >= 0.3 is 5.69 Å². The lowest BCUT2D eigenvalue weighted by Gasteiger charge is -2.14. The molecule has 0 saturated heterocycles. The largest absolute Gasteiger partial charge is 0.496 e. The molecule has 25 heavy (non-hydrogen) atoms. The molecule has 0 fully saturated rings. The van der Waals surface area contributed by atoms with E-state index in [0.29, 0.717) is 28.9 Å². The van der Waals surface area contributed by atoms with Gasteiger partial charge in [0.2, 0.25) is 0 Å². The maximum absolute atomic E-state index is 13.1. The molecule has 0 N–H and O–H groups in total. The number of pyridine rings is 1. The molecule has 0 spiro atoms. The molecule has 6 heteroatoms. The number of unbranched alkanes of at least 4 members (excludes halogenated alkanes) is 1. The van der Waals surface area contributed by atoms with Gasteiger partial charge < -0.3 is 4.74 Å². The molecule has 0 saturated carbocycles. The Morgan fingerprint density at radius 3 is 2.56 bits per heavy atom. The van der Waals surface area contributed by atoms with E-state index in [1.807, 2.05) is 30.3 Å². The Hall–Kier alpha value is -2.34. The van der Waals surface area contributed by atoms with Crippen LogP contribution in [0.2, 0.25) is 0 Å². The van der Waals surface area contributed by atoms with E-state index >= 15 is 0 Å². The second kappa shape index (κ2) is 7.70. The summed E-state index contributed by atoms with van der Waals surface area (Å²) in [5.74, 6) is 0.607. The summed E-state index contributed by atoms with van der Waals surface area (Å²) < 4.78 is 8.27. The summed E-state index contributed by atoms with van der Waals surface area (Å²) in [6.07, 6.45) is 3.34. The van der Waals surface area contributed by atoms with Crippen LogP contribution in [-0.2, 0) is 6.54 Å². The minimum atomic E-state index is -0.311. The lowest BCUT2D eigenvalue weighted by atomic mass is 10.0. The first-order valence-corrected chi connectivity index (χ1v) is 9.24. The maximum Gasteiger partial charge on any atom is 0.335 e. The molecule has 3 aromatic rings. The first-order chi connectivity index (χ1) is 12.2. The first-order valence-electron chi connectivity index (χ1n) is 8.12. The second-order valence-corrected chi connectivity index (χ2v) is 6.46. The smallest absolute Gasteiger partial charge is 0.335 e. The van der Waals surface area contributed by atoms with Gasteiger partial charge in [0.15, 0.2) is 0 Å². The molecule has 2 heterocycles. The van der Waals surface area contributed by atoms with Gasteiger partial charge in [0.05, 0.1) is 18.2 Å². The van der Waals surface area contributed by atoms with Crippen molar-refractivity contribution >= 4 is 21.4 Å². The molecular formula is C19H19BrN2O3. The molecule has 0 aliphatic rings. The molecule has 0 bridgehead atoms. The summed E-state index contributed by atoms with van der Waals surface area (Å²) in [6.45, 7) is 0.392. The Morgan fingerprint density at radius 2 is 1.80 bits per heavy atom. The van der Waals surface area contributed by atoms with Crippen molar-refractivity contribution in [1.29, 1.82) is 0 Å². The van der Waals surface area contributed by atoms with Crippen LogP contribution < -0.4 is 16.0 Å². The number of fused-ring (bicyclic) bond motifs is 1. The number of ether oxygens (including phenoxy) is 1. The van der Waals surface area contributed by atoms with Crippen molar-refractivity contribution in [3.8, 4) is 16.9 Å². The van der Waals surface area contributed by atoms with E-state index in [4.69, 9.17) is 4.74 Å². The van der Waals surface area contributed by atoms with Gasteiger partial charge in [-0.05, 0) is 31.0 Å². The Labute approximate surface area is 153 Å². The lowest BCUT2D eigenvalue weighted by molar-refractivity contribution is 0.416. The Kier molecular flexibility index (Phi) is 5.38. The first kappa shape index (κ1) is 17.5. The zero-order chi connectivity index (χ0) is 17.8. The van der Waals surface area contributed by atoms with Gasteiger partial charge in [-0.25, -0.2) is 4.79 Å². The normalized spacial score (nSPS) is 11.0. The molecule has 3 rings (SSSR count). The van der Waals surface area contributed by atoms with E-state index in [2.05, 4.69) is 15.9 Å². The molecule has 0 radical (unpaired) electrons. The average molecular weight is 403 g/mol. The Morgan fingerprint density at radius 1 is 1.04 bits per heavy atom. The van der Waals surface area contributed by atoms with Crippen LogP contribution in [0.1, 0.15) is 12.8 Å². The number of rotatable bonds is 6. The van der Waals surface area contributed by atoms with E-state index < -0.39 is 0 Å². The molecule has 5 nitrogen and oxygen atoms in total. The van der Waals surface area contributed by atoms with Crippen LogP contribution in [0.25, 0.3) is 16.6 Å². The topological polar surface area (TPSA) is 52.7 Å². The third-order valence-electron chi connectivity index (χ3n) is 4.15. The van der Waals surface area contributed by atoms with E-state index in [1.54, 1.807) is 25.4 Å². The van der Waals surface area contributed by atoms with Crippen molar-refractivity contribution in [2.24, 2.45) is 0 Å². The number of hydrogen-bond acceptors (Lipinski definition) is 3. The number of aromatic nitrogens is 2. The zero-order valence-corrected chi connectivity index (χ0v) is 15.5. The number of para-hydroxylation sites is 1. The monoisotopic (exact) mass is 402 g/mol. The van der Waals surface area contributed by atoms with E-state index in [1.165, 1.54) is 8.97 Å². The summed E-state index contributed by atoms with van der Waals surface area (Å²) in [4.78, 5) is 25.9. The third-order valence-corrected chi connectivity index (χ3v) is 4.71. The molecule has 0 aliphatic heterocycles. The fraction of sp³-hybridized carbons (Fsp3) is 0.263. The number of nitrogens with zero attached hydrogens (tertiary/aromatic N) is 2. The van der Waals surface area contributed by atoms with Crippen LogP contribution in [-0.4, -0.2) is 21.4 Å². The highest BCUT2D eigenvalue weighted by Gasteiger charge is 2.18. The van der Waals surface area contributed by atoms with Gasteiger partial charge in [0.1, 0.15) is 5.75 Å². The zero-order valence-electron chi connectivity index (χ0n) is 13.9. The standard InChI is InChI=1S/C19H19BrN2O3/c1-25-16-10-3-2-8-14(16)17-15-9-4-6-12-21(15)19(24)22(18(17)23)13-7-5-11-20/h2-4,6,8-10,12H,5,7,11,13H2,1H3. The fourth-order valence-electron chi connectivity index (χ4n) is 2.94. The Balaban J connectivity index is 2.34. The molecule has 0 unspecified atom stereocenters. The quantitative estimate of drug-likeness (QED) is 0.469. The van der Waals surface area contributed by atoms with Gasteiger partial charge in [-0.3, -0.25) is 13.8 Å². The molecule has 130 valence electrons. The molecule has 0 aliphatic carbocycles. The van der Waals surface area contributed by atoms with Crippen LogP contribution >= 0.6 is 15.9 Å². The van der Waals surface area contributed by atoms with Crippen LogP contribution in [0.5, 0.6) is 5.75 Å². The third kappa shape index (κ3) is 3.26. The van der Waals surface area contributed by atoms with Crippen molar-refractivity contribution in [3.63, 3.8) is 0 Å². The van der Waals surface area contributed by atoms with Gasteiger partial charge in [-0.2, -0.15) is 0 Å². The van der Waals surface area contributed by atoms with Gasteiger partial charge in [-0.1, -0.05) is 40.2 Å². The minimum absolute atomic E-state index is 0.282. The highest BCUT2D eigenvalue weighted by Crippen LogP contribution is 2.29.